The number of carbonyl (C=O) groups excluding carboxylic acids is 2. The van der Waals surface area contributed by atoms with Crippen LogP contribution in [-0.4, -0.2) is 52.5 Å². The van der Waals surface area contributed by atoms with Crippen LogP contribution in [0.3, 0.4) is 0 Å². The molecule has 1 aromatic heterocycles. The highest BCUT2D eigenvalue weighted by atomic mass is 32.2. The normalized spacial score (nSPS) is 10.8. The number of hydrogen-bond donors (Lipinski definition) is 1. The second kappa shape index (κ2) is 7.94. The Labute approximate surface area is 139 Å². The summed E-state index contributed by atoms with van der Waals surface area (Å²) in [4.78, 5) is 29.8. The van der Waals surface area contributed by atoms with Crippen molar-refractivity contribution < 1.29 is 9.59 Å². The van der Waals surface area contributed by atoms with Crippen LogP contribution < -0.4 is 5.32 Å². The molecule has 7 heteroatoms. The van der Waals surface area contributed by atoms with Crippen LogP contribution in [0, 0.1) is 0 Å². The highest BCUT2D eigenvalue weighted by molar-refractivity contribution is 7.99. The molecule has 2 aromatic rings. The van der Waals surface area contributed by atoms with E-state index in [9.17, 15) is 9.59 Å². The summed E-state index contributed by atoms with van der Waals surface area (Å²) in [6, 6.07) is 6.94. The molecule has 0 aliphatic rings. The Hall–Kier alpha value is -2.12. The average molecular weight is 332 g/mol. The van der Waals surface area contributed by atoms with Gasteiger partial charge in [0.25, 0.3) is 0 Å². The van der Waals surface area contributed by atoms with Gasteiger partial charge in [0.1, 0.15) is 0 Å². The lowest BCUT2D eigenvalue weighted by molar-refractivity contribution is -0.113. The van der Waals surface area contributed by atoms with Gasteiger partial charge < -0.3 is 14.8 Å². The summed E-state index contributed by atoms with van der Waals surface area (Å²) in [5, 5.41) is 3.61. The van der Waals surface area contributed by atoms with Crippen LogP contribution in [0.4, 0.5) is 5.69 Å². The molecule has 0 saturated carbocycles. The smallest absolute Gasteiger partial charge is 0.234 e. The molecule has 23 heavy (non-hydrogen) atoms. The molecule has 0 fully saturated rings. The van der Waals surface area contributed by atoms with Crippen LogP contribution in [0.15, 0.2) is 41.8 Å². The van der Waals surface area contributed by atoms with Gasteiger partial charge in [-0.15, -0.1) is 0 Å². The van der Waals surface area contributed by atoms with Crippen molar-refractivity contribution >= 4 is 29.1 Å². The Morgan fingerprint density at radius 3 is 2.52 bits per heavy atom. The molecule has 1 amide bonds. The number of rotatable bonds is 7. The second-order valence-electron chi connectivity index (χ2n) is 5.40. The van der Waals surface area contributed by atoms with Crippen molar-refractivity contribution in [3.63, 3.8) is 0 Å². The SMILES string of the molecule is CN(C)CC(=O)c1ccc(NC(=O)CSc2nccn2C)cc1. The highest BCUT2D eigenvalue weighted by Crippen LogP contribution is 2.15. The van der Waals surface area contributed by atoms with Gasteiger partial charge in [0.2, 0.25) is 5.91 Å². The molecule has 0 atom stereocenters. The van der Waals surface area contributed by atoms with E-state index in [4.69, 9.17) is 0 Å². The first-order valence-corrected chi connectivity index (χ1v) is 8.12. The van der Waals surface area contributed by atoms with E-state index in [1.165, 1.54) is 11.8 Å². The fourth-order valence-electron chi connectivity index (χ4n) is 1.94. The van der Waals surface area contributed by atoms with Crippen molar-refractivity contribution in [2.45, 2.75) is 5.16 Å². The lowest BCUT2D eigenvalue weighted by atomic mass is 10.1. The molecule has 0 bridgehead atoms. The number of amides is 1. The summed E-state index contributed by atoms with van der Waals surface area (Å²) < 4.78 is 1.86. The Morgan fingerprint density at radius 1 is 1.26 bits per heavy atom. The van der Waals surface area contributed by atoms with Gasteiger partial charge in [-0.2, -0.15) is 0 Å². The number of nitrogens with one attached hydrogen (secondary N) is 1. The molecule has 6 nitrogen and oxygen atoms in total. The number of aromatic nitrogens is 2. The third-order valence-electron chi connectivity index (χ3n) is 3.06. The number of likely N-dealkylation sites (N-methyl/N-ethyl adjacent to an activating group) is 1. The number of anilines is 1. The minimum atomic E-state index is -0.106. The van der Waals surface area contributed by atoms with Gasteiger partial charge >= 0.3 is 0 Å². The average Bonchev–Trinajstić information content (AvgIpc) is 2.90. The summed E-state index contributed by atoms with van der Waals surface area (Å²) in [7, 11) is 5.59. The van der Waals surface area contributed by atoms with E-state index in [0.717, 1.165) is 5.16 Å². The molecule has 0 unspecified atom stereocenters. The molecule has 0 radical (unpaired) electrons. The quantitative estimate of drug-likeness (QED) is 0.619. The van der Waals surface area contributed by atoms with Crippen molar-refractivity contribution in [2.75, 3.05) is 31.7 Å². The van der Waals surface area contributed by atoms with E-state index in [1.807, 2.05) is 36.8 Å². The van der Waals surface area contributed by atoms with Crippen LogP contribution in [-0.2, 0) is 11.8 Å². The standard InChI is InChI=1S/C16H20N4O2S/c1-19(2)10-14(21)12-4-6-13(7-5-12)18-15(22)11-23-16-17-8-9-20(16)3/h4-9H,10-11H2,1-3H3,(H,18,22). The maximum atomic E-state index is 11.9. The molecule has 2 rings (SSSR count). The van der Waals surface area contributed by atoms with Crippen LogP contribution in [0.1, 0.15) is 10.4 Å². The Morgan fingerprint density at radius 2 is 1.96 bits per heavy atom. The zero-order valence-electron chi connectivity index (χ0n) is 13.4. The molecule has 1 N–H and O–H groups in total. The number of ketones is 1. The van der Waals surface area contributed by atoms with Gasteiger partial charge in [-0.3, -0.25) is 9.59 Å². The molecule has 122 valence electrons. The lowest BCUT2D eigenvalue weighted by Crippen LogP contribution is -2.21. The van der Waals surface area contributed by atoms with E-state index in [2.05, 4.69) is 10.3 Å². The van der Waals surface area contributed by atoms with Crippen molar-refractivity contribution in [3.8, 4) is 0 Å². The van der Waals surface area contributed by atoms with E-state index in [-0.39, 0.29) is 17.4 Å². The van der Waals surface area contributed by atoms with Crippen molar-refractivity contribution in [3.05, 3.63) is 42.2 Å². The summed E-state index contributed by atoms with van der Waals surface area (Å²) in [6.45, 7) is 0.367. The number of nitrogens with zero attached hydrogens (tertiary/aromatic N) is 3. The Kier molecular flexibility index (Phi) is 5.95. The van der Waals surface area contributed by atoms with Crippen LogP contribution >= 0.6 is 11.8 Å². The predicted octanol–water partition coefficient (Wildman–Crippen LogP) is 1.90. The van der Waals surface area contributed by atoms with E-state index >= 15 is 0 Å². The summed E-state index contributed by atoms with van der Waals surface area (Å²) in [5.41, 5.74) is 1.32. The Balaban J connectivity index is 1.86. The van der Waals surface area contributed by atoms with E-state index in [1.54, 1.807) is 30.5 Å². The topological polar surface area (TPSA) is 67.2 Å². The lowest BCUT2D eigenvalue weighted by Gasteiger charge is -2.09. The number of imidazole rings is 1. The molecule has 0 aliphatic carbocycles. The van der Waals surface area contributed by atoms with Gasteiger partial charge in [-0.25, -0.2) is 4.98 Å². The molecule has 1 heterocycles. The molecule has 0 aliphatic heterocycles. The minimum absolute atomic E-state index is 0.0539. The molecule has 0 saturated heterocycles. The molecule has 0 spiro atoms. The highest BCUT2D eigenvalue weighted by Gasteiger charge is 2.09. The first-order valence-electron chi connectivity index (χ1n) is 7.13. The molecule has 1 aromatic carbocycles. The molecular weight excluding hydrogens is 312 g/mol. The van der Waals surface area contributed by atoms with Crippen molar-refractivity contribution in [1.29, 1.82) is 0 Å². The molecular formula is C16H20N4O2S. The third kappa shape index (κ3) is 5.22. The predicted molar refractivity (Wildman–Crippen MR) is 91.9 cm³/mol. The maximum Gasteiger partial charge on any atom is 0.234 e. The summed E-state index contributed by atoms with van der Waals surface area (Å²) in [6.07, 6.45) is 3.54. The van der Waals surface area contributed by atoms with Crippen molar-refractivity contribution in [1.82, 2.24) is 14.5 Å². The number of Topliss-reactive ketones (excluding diaryl/α,β-unsaturated/α-hetero) is 1. The zero-order chi connectivity index (χ0) is 16.8. The number of thioether (sulfide) groups is 1. The first-order chi connectivity index (χ1) is 11.0. The van der Waals surface area contributed by atoms with Crippen LogP contribution in [0.2, 0.25) is 0 Å². The minimum Gasteiger partial charge on any atom is -0.329 e. The van der Waals surface area contributed by atoms with Gasteiger partial charge in [-0.05, 0) is 38.4 Å². The van der Waals surface area contributed by atoms with Gasteiger partial charge in [0, 0.05) is 30.7 Å². The summed E-state index contributed by atoms with van der Waals surface area (Å²) in [5.74, 6) is 0.232. The maximum absolute atomic E-state index is 11.9. The fraction of sp³-hybridized carbons (Fsp3) is 0.312. The van der Waals surface area contributed by atoms with Crippen LogP contribution in [0.5, 0.6) is 0 Å². The number of carbonyl (C=O) groups is 2. The fourth-order valence-corrected chi connectivity index (χ4v) is 2.67. The van der Waals surface area contributed by atoms with E-state index < -0.39 is 0 Å². The number of aryl methyl sites for hydroxylation is 1. The van der Waals surface area contributed by atoms with Gasteiger partial charge in [0.05, 0.1) is 12.3 Å². The van der Waals surface area contributed by atoms with Crippen molar-refractivity contribution in [2.24, 2.45) is 7.05 Å². The first kappa shape index (κ1) is 17.2. The Bertz CT molecular complexity index is 680. The van der Waals surface area contributed by atoms with Gasteiger partial charge in [0.15, 0.2) is 10.9 Å². The second-order valence-corrected chi connectivity index (χ2v) is 6.34. The largest absolute Gasteiger partial charge is 0.329 e. The number of benzene rings is 1. The number of hydrogen-bond acceptors (Lipinski definition) is 5. The van der Waals surface area contributed by atoms with Gasteiger partial charge in [-0.1, -0.05) is 11.8 Å². The monoisotopic (exact) mass is 332 g/mol. The third-order valence-corrected chi connectivity index (χ3v) is 4.12. The van der Waals surface area contributed by atoms with E-state index in [0.29, 0.717) is 17.8 Å². The summed E-state index contributed by atoms with van der Waals surface area (Å²) >= 11 is 1.38. The zero-order valence-corrected chi connectivity index (χ0v) is 14.3. The van der Waals surface area contributed by atoms with Crippen LogP contribution in [0.25, 0.3) is 0 Å².